The van der Waals surface area contributed by atoms with E-state index in [2.05, 4.69) is 24.8 Å². The fourth-order valence-electron chi connectivity index (χ4n) is 2.08. The van der Waals surface area contributed by atoms with E-state index < -0.39 is 0 Å². The summed E-state index contributed by atoms with van der Waals surface area (Å²) in [6, 6.07) is 0. The molecule has 0 aliphatic carbocycles. The summed E-state index contributed by atoms with van der Waals surface area (Å²) in [5.41, 5.74) is 1.40. The molecule has 80 valence electrons. The van der Waals surface area contributed by atoms with Gasteiger partial charge in [-0.15, -0.1) is 0 Å². The van der Waals surface area contributed by atoms with Gasteiger partial charge in [-0.3, -0.25) is 0 Å². The van der Waals surface area contributed by atoms with Crippen LogP contribution in [0.5, 0.6) is 0 Å². The molecule has 1 rings (SSSR count). The summed E-state index contributed by atoms with van der Waals surface area (Å²) in [5.74, 6) is 0.637. The minimum absolute atomic E-state index is 0.637. The van der Waals surface area contributed by atoms with Crippen LogP contribution >= 0.6 is 0 Å². The molecule has 0 aromatic rings. The van der Waals surface area contributed by atoms with E-state index in [9.17, 15) is 4.79 Å². The van der Waals surface area contributed by atoms with Gasteiger partial charge in [0.15, 0.2) is 0 Å². The molecule has 0 spiro atoms. The maximum atomic E-state index is 10.4. The number of piperidine rings is 1. The number of rotatable bonds is 4. The second kappa shape index (κ2) is 5.84. The highest BCUT2D eigenvalue weighted by Gasteiger charge is 2.18. The average molecular weight is 195 g/mol. The molecule has 1 fully saturated rings. The van der Waals surface area contributed by atoms with Crippen LogP contribution in [0.4, 0.5) is 0 Å². The molecule has 1 aliphatic heterocycles. The van der Waals surface area contributed by atoms with Crippen molar-refractivity contribution < 1.29 is 4.79 Å². The Morgan fingerprint density at radius 2 is 2.07 bits per heavy atom. The fourth-order valence-corrected chi connectivity index (χ4v) is 2.08. The minimum Gasteiger partial charge on any atom is -0.375 e. The van der Waals surface area contributed by atoms with Crippen LogP contribution in [0.25, 0.3) is 0 Å². The van der Waals surface area contributed by atoms with Crippen LogP contribution in [-0.4, -0.2) is 24.3 Å². The zero-order chi connectivity index (χ0) is 10.4. The summed E-state index contributed by atoms with van der Waals surface area (Å²) in [4.78, 5) is 12.8. The van der Waals surface area contributed by atoms with Crippen molar-refractivity contribution in [3.63, 3.8) is 0 Å². The average Bonchev–Trinajstić information content (AvgIpc) is 2.20. The number of aldehydes is 1. The van der Waals surface area contributed by atoms with Crippen LogP contribution in [0, 0.1) is 5.92 Å². The van der Waals surface area contributed by atoms with Gasteiger partial charge in [-0.1, -0.05) is 13.0 Å². The molecule has 2 nitrogen and oxygen atoms in total. The van der Waals surface area contributed by atoms with Gasteiger partial charge in [-0.2, -0.15) is 0 Å². The summed E-state index contributed by atoms with van der Waals surface area (Å²) in [6.07, 6.45) is 7.56. The summed E-state index contributed by atoms with van der Waals surface area (Å²) >= 11 is 0. The van der Waals surface area contributed by atoms with Crippen LogP contribution in [0.1, 0.15) is 39.5 Å². The molecule has 2 heteroatoms. The maximum absolute atomic E-state index is 10.4. The van der Waals surface area contributed by atoms with Crippen LogP contribution in [0.3, 0.4) is 0 Å². The summed E-state index contributed by atoms with van der Waals surface area (Å²) in [7, 11) is 0. The molecule has 1 aliphatic rings. The normalized spacial score (nSPS) is 19.9. The Bertz CT molecular complexity index is 202. The Balaban J connectivity index is 2.35. The fraction of sp³-hybridized carbons (Fsp3) is 0.750. The second-order valence-electron chi connectivity index (χ2n) is 4.09. The van der Waals surface area contributed by atoms with Gasteiger partial charge in [-0.05, 0) is 32.1 Å². The summed E-state index contributed by atoms with van der Waals surface area (Å²) in [6.45, 7) is 6.61. The van der Waals surface area contributed by atoms with Crippen molar-refractivity contribution in [1.29, 1.82) is 0 Å². The number of nitrogens with zero attached hydrogens (tertiary/aromatic N) is 1. The SMILES string of the molecule is CC/C=C(/C)N1CCC(CC=O)CC1. The van der Waals surface area contributed by atoms with E-state index in [1.807, 2.05) is 0 Å². The first kappa shape index (κ1) is 11.3. The number of hydrogen-bond donors (Lipinski definition) is 0. The molecule has 0 amide bonds. The number of hydrogen-bond acceptors (Lipinski definition) is 2. The van der Waals surface area contributed by atoms with E-state index in [-0.39, 0.29) is 0 Å². The van der Waals surface area contributed by atoms with E-state index in [1.54, 1.807) is 0 Å². The summed E-state index contributed by atoms with van der Waals surface area (Å²) in [5, 5.41) is 0. The molecule has 0 saturated carbocycles. The molecular weight excluding hydrogens is 174 g/mol. The zero-order valence-electron chi connectivity index (χ0n) is 9.33. The molecule has 0 unspecified atom stereocenters. The second-order valence-corrected chi connectivity index (χ2v) is 4.09. The van der Waals surface area contributed by atoms with Crippen molar-refractivity contribution in [3.05, 3.63) is 11.8 Å². The number of carbonyl (C=O) groups is 1. The lowest BCUT2D eigenvalue weighted by Crippen LogP contribution is -2.32. The quantitative estimate of drug-likeness (QED) is 0.643. The first-order valence-electron chi connectivity index (χ1n) is 5.63. The first-order chi connectivity index (χ1) is 6.77. The third-order valence-corrected chi connectivity index (χ3v) is 3.04. The first-order valence-corrected chi connectivity index (χ1v) is 5.63. The van der Waals surface area contributed by atoms with Crippen molar-refractivity contribution in [2.24, 2.45) is 5.92 Å². The summed E-state index contributed by atoms with van der Waals surface area (Å²) < 4.78 is 0. The lowest BCUT2D eigenvalue weighted by atomic mass is 9.94. The third kappa shape index (κ3) is 3.17. The zero-order valence-corrected chi connectivity index (χ0v) is 9.33. The van der Waals surface area contributed by atoms with Gasteiger partial charge in [0.1, 0.15) is 6.29 Å². The highest BCUT2D eigenvalue weighted by Crippen LogP contribution is 2.22. The van der Waals surface area contributed by atoms with Crippen LogP contribution in [0.15, 0.2) is 11.8 Å². The van der Waals surface area contributed by atoms with Crippen molar-refractivity contribution in [2.45, 2.75) is 39.5 Å². The molecule has 0 aromatic carbocycles. The molecule has 0 aromatic heterocycles. The Morgan fingerprint density at radius 3 is 2.57 bits per heavy atom. The third-order valence-electron chi connectivity index (χ3n) is 3.04. The molecule has 0 atom stereocenters. The molecule has 0 radical (unpaired) electrons. The van der Waals surface area contributed by atoms with Crippen LogP contribution < -0.4 is 0 Å². The smallest absolute Gasteiger partial charge is 0.120 e. The van der Waals surface area contributed by atoms with E-state index in [1.165, 1.54) is 18.5 Å². The van der Waals surface area contributed by atoms with E-state index >= 15 is 0 Å². The van der Waals surface area contributed by atoms with E-state index in [0.29, 0.717) is 5.92 Å². The Hall–Kier alpha value is -0.790. The van der Waals surface area contributed by atoms with Crippen molar-refractivity contribution >= 4 is 6.29 Å². The monoisotopic (exact) mass is 195 g/mol. The number of carbonyl (C=O) groups excluding carboxylic acids is 1. The molecule has 14 heavy (non-hydrogen) atoms. The predicted molar refractivity (Wildman–Crippen MR) is 59.0 cm³/mol. The minimum atomic E-state index is 0.637. The maximum Gasteiger partial charge on any atom is 0.120 e. The Kier molecular flexibility index (Phi) is 4.71. The standard InChI is InChI=1S/C12H21NO/c1-3-4-11(2)13-8-5-12(6-9-13)7-10-14/h4,10,12H,3,5-9H2,1-2H3/b11-4-. The number of likely N-dealkylation sites (tertiary alicyclic amines) is 1. The van der Waals surface area contributed by atoms with Gasteiger partial charge in [0.25, 0.3) is 0 Å². The van der Waals surface area contributed by atoms with Gasteiger partial charge in [0.2, 0.25) is 0 Å². The molecule has 0 N–H and O–H groups in total. The highest BCUT2D eigenvalue weighted by atomic mass is 16.1. The van der Waals surface area contributed by atoms with Gasteiger partial charge in [-0.25, -0.2) is 0 Å². The number of allylic oxidation sites excluding steroid dienone is 2. The van der Waals surface area contributed by atoms with Gasteiger partial charge < -0.3 is 9.69 Å². The topological polar surface area (TPSA) is 20.3 Å². The lowest BCUT2D eigenvalue weighted by Gasteiger charge is -2.33. The highest BCUT2D eigenvalue weighted by molar-refractivity contribution is 5.49. The Morgan fingerprint density at radius 1 is 1.43 bits per heavy atom. The molecule has 0 bridgehead atoms. The Labute approximate surface area is 87.0 Å². The van der Waals surface area contributed by atoms with Gasteiger partial charge >= 0.3 is 0 Å². The van der Waals surface area contributed by atoms with E-state index in [4.69, 9.17) is 0 Å². The van der Waals surface area contributed by atoms with Crippen LogP contribution in [-0.2, 0) is 4.79 Å². The van der Waals surface area contributed by atoms with E-state index in [0.717, 1.165) is 32.2 Å². The van der Waals surface area contributed by atoms with Crippen molar-refractivity contribution in [3.8, 4) is 0 Å². The van der Waals surface area contributed by atoms with Crippen molar-refractivity contribution in [2.75, 3.05) is 13.1 Å². The van der Waals surface area contributed by atoms with Gasteiger partial charge in [0, 0.05) is 25.2 Å². The molecule has 1 heterocycles. The lowest BCUT2D eigenvalue weighted by molar-refractivity contribution is -0.108. The predicted octanol–water partition coefficient (Wildman–Crippen LogP) is 2.60. The largest absolute Gasteiger partial charge is 0.375 e. The molecule has 1 saturated heterocycles. The van der Waals surface area contributed by atoms with Crippen LogP contribution in [0.2, 0.25) is 0 Å². The van der Waals surface area contributed by atoms with Crippen molar-refractivity contribution in [1.82, 2.24) is 4.90 Å². The molecular formula is C12H21NO. The van der Waals surface area contributed by atoms with Gasteiger partial charge in [0.05, 0.1) is 0 Å².